The summed E-state index contributed by atoms with van der Waals surface area (Å²) in [6.45, 7) is 1.75. The minimum Gasteiger partial charge on any atom is -0.466 e. The van der Waals surface area contributed by atoms with E-state index in [0.29, 0.717) is 0 Å². The van der Waals surface area contributed by atoms with Crippen LogP contribution in [0.1, 0.15) is 26.2 Å². The Labute approximate surface area is 73.0 Å². The van der Waals surface area contributed by atoms with Gasteiger partial charge < -0.3 is 9.84 Å². The number of aliphatic hydroxyl groups is 1. The van der Waals surface area contributed by atoms with E-state index < -0.39 is 0 Å². The summed E-state index contributed by atoms with van der Waals surface area (Å²) >= 11 is 0. The first-order chi connectivity index (χ1) is 5.66. The van der Waals surface area contributed by atoms with E-state index in [4.69, 9.17) is 5.11 Å². The number of allylic oxidation sites excluding steroid dienone is 1. The molecule has 3 heteroatoms. The molecule has 0 aliphatic rings. The third kappa shape index (κ3) is 7.28. The second-order valence-electron chi connectivity index (χ2n) is 2.71. The van der Waals surface area contributed by atoms with Gasteiger partial charge in [0.15, 0.2) is 0 Å². The Hall–Kier alpha value is -0.830. The van der Waals surface area contributed by atoms with Crippen molar-refractivity contribution in [2.75, 3.05) is 7.11 Å². The molecule has 0 amide bonds. The van der Waals surface area contributed by atoms with Crippen LogP contribution >= 0.6 is 0 Å². The Kier molecular flexibility index (Phi) is 6.38. The average Bonchev–Trinajstić information content (AvgIpc) is 2.03. The summed E-state index contributed by atoms with van der Waals surface area (Å²) in [5.74, 6) is -0.327. The van der Waals surface area contributed by atoms with Crippen LogP contribution in [0.4, 0.5) is 0 Å². The summed E-state index contributed by atoms with van der Waals surface area (Å²) in [6.07, 6.45) is 5.38. The third-order valence-electron chi connectivity index (χ3n) is 1.45. The number of methoxy groups -OCH3 is 1. The lowest BCUT2D eigenvalue weighted by Gasteiger charge is -1.99. The summed E-state index contributed by atoms with van der Waals surface area (Å²) in [7, 11) is 1.35. The van der Waals surface area contributed by atoms with E-state index in [9.17, 15) is 4.79 Å². The van der Waals surface area contributed by atoms with Crippen LogP contribution in [0.3, 0.4) is 0 Å². The zero-order valence-electron chi connectivity index (χ0n) is 7.62. The Morgan fingerprint density at radius 2 is 2.33 bits per heavy atom. The van der Waals surface area contributed by atoms with Crippen LogP contribution in [0, 0.1) is 0 Å². The third-order valence-corrected chi connectivity index (χ3v) is 1.45. The van der Waals surface area contributed by atoms with Gasteiger partial charge in [-0.3, -0.25) is 0 Å². The van der Waals surface area contributed by atoms with Crippen molar-refractivity contribution >= 4 is 5.97 Å². The molecular formula is C9H16O3. The first-order valence-electron chi connectivity index (χ1n) is 4.09. The van der Waals surface area contributed by atoms with Gasteiger partial charge in [-0.15, -0.1) is 0 Å². The Bertz CT molecular complexity index is 150. The molecular weight excluding hydrogens is 156 g/mol. The lowest BCUT2D eigenvalue weighted by Crippen LogP contribution is -1.98. The van der Waals surface area contributed by atoms with Gasteiger partial charge in [-0.25, -0.2) is 4.79 Å². The number of unbranched alkanes of at least 4 members (excludes halogenated alkanes) is 1. The molecule has 1 N–H and O–H groups in total. The van der Waals surface area contributed by atoms with Crippen molar-refractivity contribution < 1.29 is 14.6 Å². The minimum atomic E-state index is -0.327. The summed E-state index contributed by atoms with van der Waals surface area (Å²) < 4.78 is 4.40. The number of rotatable bonds is 5. The molecule has 70 valence electrons. The Morgan fingerprint density at radius 1 is 1.67 bits per heavy atom. The van der Waals surface area contributed by atoms with Gasteiger partial charge in [-0.1, -0.05) is 6.08 Å². The highest BCUT2D eigenvalue weighted by molar-refractivity contribution is 5.81. The molecule has 0 radical (unpaired) electrons. The highest BCUT2D eigenvalue weighted by Gasteiger charge is 1.93. The van der Waals surface area contributed by atoms with Gasteiger partial charge >= 0.3 is 5.97 Å². The second kappa shape index (κ2) is 6.85. The lowest BCUT2D eigenvalue weighted by molar-refractivity contribution is -0.134. The molecule has 1 atom stereocenters. The Balaban J connectivity index is 3.30. The highest BCUT2D eigenvalue weighted by atomic mass is 16.5. The van der Waals surface area contributed by atoms with Gasteiger partial charge in [-0.2, -0.15) is 0 Å². The molecule has 0 aromatic rings. The molecule has 0 aliphatic carbocycles. The topological polar surface area (TPSA) is 46.5 Å². The van der Waals surface area contributed by atoms with E-state index in [2.05, 4.69) is 4.74 Å². The van der Waals surface area contributed by atoms with Crippen LogP contribution in [0.2, 0.25) is 0 Å². The van der Waals surface area contributed by atoms with Crippen LogP contribution in [-0.2, 0) is 9.53 Å². The number of hydrogen-bond acceptors (Lipinski definition) is 3. The van der Waals surface area contributed by atoms with Crippen molar-refractivity contribution in [2.24, 2.45) is 0 Å². The maximum atomic E-state index is 10.6. The minimum absolute atomic E-state index is 0.253. The summed E-state index contributed by atoms with van der Waals surface area (Å²) in [6, 6.07) is 0. The lowest BCUT2D eigenvalue weighted by atomic mass is 10.2. The molecule has 0 aromatic heterocycles. The van der Waals surface area contributed by atoms with E-state index >= 15 is 0 Å². The first-order valence-corrected chi connectivity index (χ1v) is 4.09. The molecule has 0 saturated heterocycles. The largest absolute Gasteiger partial charge is 0.466 e. The van der Waals surface area contributed by atoms with Crippen molar-refractivity contribution in [2.45, 2.75) is 32.3 Å². The average molecular weight is 172 g/mol. The quantitative estimate of drug-likeness (QED) is 0.386. The normalized spacial score (nSPS) is 13.2. The monoisotopic (exact) mass is 172 g/mol. The van der Waals surface area contributed by atoms with E-state index in [-0.39, 0.29) is 12.1 Å². The number of esters is 1. The van der Waals surface area contributed by atoms with Gasteiger partial charge in [0.2, 0.25) is 0 Å². The van der Waals surface area contributed by atoms with Crippen molar-refractivity contribution in [1.82, 2.24) is 0 Å². The van der Waals surface area contributed by atoms with Crippen LogP contribution in [-0.4, -0.2) is 24.3 Å². The fourth-order valence-electron chi connectivity index (χ4n) is 0.779. The molecule has 0 bridgehead atoms. The van der Waals surface area contributed by atoms with Crippen molar-refractivity contribution in [3.05, 3.63) is 12.2 Å². The zero-order chi connectivity index (χ0) is 9.40. The molecule has 0 saturated carbocycles. The molecule has 0 aliphatic heterocycles. The molecule has 0 spiro atoms. The van der Waals surface area contributed by atoms with E-state index in [0.717, 1.165) is 19.3 Å². The van der Waals surface area contributed by atoms with E-state index in [1.165, 1.54) is 13.2 Å². The predicted octanol–water partition coefficient (Wildman–Crippen LogP) is 1.27. The summed E-state index contributed by atoms with van der Waals surface area (Å²) in [5, 5.41) is 8.89. The number of carbonyl (C=O) groups is 1. The maximum Gasteiger partial charge on any atom is 0.330 e. The van der Waals surface area contributed by atoms with Crippen molar-refractivity contribution in [3.63, 3.8) is 0 Å². The fraction of sp³-hybridized carbons (Fsp3) is 0.667. The molecule has 1 unspecified atom stereocenters. The standard InChI is InChI=1S/C9H16O3/c1-8(10)6-4-3-5-7-9(11)12-2/h5,7-8,10H,3-4,6H2,1-2H3. The predicted molar refractivity (Wildman–Crippen MR) is 46.7 cm³/mol. The molecule has 12 heavy (non-hydrogen) atoms. The van der Waals surface area contributed by atoms with Crippen molar-refractivity contribution in [1.29, 1.82) is 0 Å². The van der Waals surface area contributed by atoms with E-state index in [1.807, 2.05) is 0 Å². The number of hydrogen-bond donors (Lipinski definition) is 1. The van der Waals surface area contributed by atoms with Gasteiger partial charge in [0, 0.05) is 6.08 Å². The fourth-order valence-corrected chi connectivity index (χ4v) is 0.779. The maximum absolute atomic E-state index is 10.6. The van der Waals surface area contributed by atoms with Gasteiger partial charge in [-0.05, 0) is 26.2 Å². The number of aliphatic hydroxyl groups excluding tert-OH is 1. The van der Waals surface area contributed by atoms with Crippen LogP contribution in [0.5, 0.6) is 0 Å². The van der Waals surface area contributed by atoms with E-state index in [1.54, 1.807) is 13.0 Å². The molecule has 0 rings (SSSR count). The van der Waals surface area contributed by atoms with Crippen LogP contribution < -0.4 is 0 Å². The molecule has 0 fully saturated rings. The number of ether oxygens (including phenoxy) is 1. The molecule has 0 aromatic carbocycles. The summed E-state index contributed by atoms with van der Waals surface area (Å²) in [4.78, 5) is 10.6. The van der Waals surface area contributed by atoms with Crippen LogP contribution in [0.25, 0.3) is 0 Å². The Morgan fingerprint density at radius 3 is 2.83 bits per heavy atom. The smallest absolute Gasteiger partial charge is 0.330 e. The van der Waals surface area contributed by atoms with Crippen LogP contribution in [0.15, 0.2) is 12.2 Å². The van der Waals surface area contributed by atoms with Crippen molar-refractivity contribution in [3.8, 4) is 0 Å². The second-order valence-corrected chi connectivity index (χ2v) is 2.71. The molecule has 3 nitrogen and oxygen atoms in total. The molecule has 0 heterocycles. The highest BCUT2D eigenvalue weighted by Crippen LogP contribution is 2.00. The van der Waals surface area contributed by atoms with Gasteiger partial charge in [0.05, 0.1) is 13.2 Å². The first kappa shape index (κ1) is 11.2. The van der Waals surface area contributed by atoms with Gasteiger partial charge in [0.25, 0.3) is 0 Å². The summed E-state index contributed by atoms with van der Waals surface area (Å²) in [5.41, 5.74) is 0. The SMILES string of the molecule is COC(=O)C=CCCCC(C)O. The number of carbonyl (C=O) groups excluding carboxylic acids is 1. The van der Waals surface area contributed by atoms with Gasteiger partial charge in [0.1, 0.15) is 0 Å². The zero-order valence-corrected chi connectivity index (χ0v) is 7.62.